The normalized spacial score (nSPS) is 17.4. The fourth-order valence-corrected chi connectivity index (χ4v) is 2.66. The average Bonchev–Trinajstić information content (AvgIpc) is 2.58. The summed E-state index contributed by atoms with van der Waals surface area (Å²) < 4.78 is 7.02. The van der Waals surface area contributed by atoms with Crippen molar-refractivity contribution in [3.8, 4) is 0 Å². The Morgan fingerprint density at radius 1 is 1.28 bits per heavy atom. The zero-order valence-electron chi connectivity index (χ0n) is 11.2. The summed E-state index contributed by atoms with van der Waals surface area (Å²) in [6.45, 7) is 4.08. The van der Waals surface area contributed by atoms with Crippen LogP contribution in [0.5, 0.6) is 0 Å². The smallest absolute Gasteiger partial charge is 0.376 e. The molecule has 1 aromatic rings. The molecule has 0 atom stereocenters. The van der Waals surface area contributed by atoms with Gasteiger partial charge in [-0.25, -0.2) is 4.79 Å². The van der Waals surface area contributed by atoms with Gasteiger partial charge in [0.2, 0.25) is 5.82 Å². The second-order valence-electron chi connectivity index (χ2n) is 4.81. The van der Waals surface area contributed by atoms with Crippen LogP contribution in [0.25, 0.3) is 0 Å². The Bertz CT molecular complexity index is 406. The molecule has 1 aliphatic rings. The summed E-state index contributed by atoms with van der Waals surface area (Å²) in [7, 11) is 0. The number of ether oxygens (including phenoxy) is 1. The van der Waals surface area contributed by atoms with Crippen molar-refractivity contribution in [2.75, 3.05) is 6.61 Å². The zero-order chi connectivity index (χ0) is 13.0. The molecular weight excluding hydrogens is 230 g/mol. The Balaban J connectivity index is 2.24. The quantitative estimate of drug-likeness (QED) is 0.612. The number of aryl methyl sites for hydroxylation is 1. The van der Waals surface area contributed by atoms with E-state index in [2.05, 4.69) is 10.2 Å². The van der Waals surface area contributed by atoms with Crippen molar-refractivity contribution in [2.45, 2.75) is 58.4 Å². The molecule has 1 saturated carbocycles. The van der Waals surface area contributed by atoms with Gasteiger partial charge in [-0.1, -0.05) is 25.7 Å². The highest BCUT2D eigenvalue weighted by Crippen LogP contribution is 2.28. The van der Waals surface area contributed by atoms with Gasteiger partial charge in [0.1, 0.15) is 5.82 Å². The maximum Gasteiger partial charge on any atom is 0.376 e. The van der Waals surface area contributed by atoms with E-state index in [9.17, 15) is 4.79 Å². The average molecular weight is 251 g/mol. The largest absolute Gasteiger partial charge is 0.460 e. The molecule has 1 aromatic heterocycles. The lowest BCUT2D eigenvalue weighted by Gasteiger charge is -2.18. The van der Waals surface area contributed by atoms with Gasteiger partial charge in [0, 0.05) is 6.04 Å². The third-order valence-corrected chi connectivity index (χ3v) is 3.51. The molecule has 100 valence electrons. The number of hydrogen-bond acceptors (Lipinski definition) is 4. The van der Waals surface area contributed by atoms with Gasteiger partial charge < -0.3 is 9.30 Å². The summed E-state index contributed by atoms with van der Waals surface area (Å²) >= 11 is 0. The summed E-state index contributed by atoms with van der Waals surface area (Å²) in [5, 5.41) is 8.02. The molecule has 0 unspecified atom stereocenters. The zero-order valence-corrected chi connectivity index (χ0v) is 11.2. The molecule has 1 aliphatic carbocycles. The first-order valence-electron chi connectivity index (χ1n) is 6.82. The molecule has 0 N–H and O–H groups in total. The predicted octanol–water partition coefficient (Wildman–Crippen LogP) is 2.66. The van der Waals surface area contributed by atoms with Crippen LogP contribution < -0.4 is 0 Å². The standard InChI is InChI=1S/C13H21N3O2/c1-3-18-13(17)12-15-14-10(2)16(12)11-8-6-4-5-7-9-11/h11H,3-9H2,1-2H3. The van der Waals surface area contributed by atoms with Crippen LogP contribution in [0.2, 0.25) is 0 Å². The summed E-state index contributed by atoms with van der Waals surface area (Å²) in [5.41, 5.74) is 0. The summed E-state index contributed by atoms with van der Waals surface area (Å²) in [4.78, 5) is 11.9. The third-order valence-electron chi connectivity index (χ3n) is 3.51. The summed E-state index contributed by atoms with van der Waals surface area (Å²) in [6, 6.07) is 0.349. The van der Waals surface area contributed by atoms with Crippen molar-refractivity contribution in [3.63, 3.8) is 0 Å². The fourth-order valence-electron chi connectivity index (χ4n) is 2.66. The van der Waals surface area contributed by atoms with Gasteiger partial charge in [0.05, 0.1) is 6.61 Å². The molecule has 2 rings (SSSR count). The third kappa shape index (κ3) is 2.71. The Kier molecular flexibility index (Phi) is 4.33. The van der Waals surface area contributed by atoms with Crippen LogP contribution in [0.15, 0.2) is 0 Å². The second kappa shape index (κ2) is 5.98. The number of rotatable bonds is 3. The molecule has 0 bridgehead atoms. The van der Waals surface area contributed by atoms with Crippen molar-refractivity contribution < 1.29 is 9.53 Å². The highest BCUT2D eigenvalue weighted by Gasteiger charge is 2.24. The van der Waals surface area contributed by atoms with E-state index in [-0.39, 0.29) is 5.97 Å². The van der Waals surface area contributed by atoms with Crippen molar-refractivity contribution in [1.82, 2.24) is 14.8 Å². The molecule has 0 aliphatic heterocycles. The monoisotopic (exact) mass is 251 g/mol. The van der Waals surface area contributed by atoms with Crippen LogP contribution in [0, 0.1) is 6.92 Å². The first-order chi connectivity index (χ1) is 8.74. The van der Waals surface area contributed by atoms with Crippen molar-refractivity contribution in [3.05, 3.63) is 11.6 Å². The molecule has 5 nitrogen and oxygen atoms in total. The maximum atomic E-state index is 11.9. The van der Waals surface area contributed by atoms with Gasteiger partial charge in [-0.2, -0.15) is 0 Å². The second-order valence-corrected chi connectivity index (χ2v) is 4.81. The lowest BCUT2D eigenvalue weighted by Crippen LogP contribution is -2.18. The van der Waals surface area contributed by atoms with E-state index in [4.69, 9.17) is 4.74 Å². The number of carbonyl (C=O) groups excluding carboxylic acids is 1. The Morgan fingerprint density at radius 3 is 2.56 bits per heavy atom. The maximum absolute atomic E-state index is 11.9. The van der Waals surface area contributed by atoms with Gasteiger partial charge >= 0.3 is 5.97 Å². The van der Waals surface area contributed by atoms with E-state index in [0.717, 1.165) is 18.7 Å². The number of esters is 1. The van der Waals surface area contributed by atoms with Gasteiger partial charge in [0.25, 0.3) is 0 Å². The van der Waals surface area contributed by atoms with Crippen LogP contribution in [0.1, 0.15) is 67.9 Å². The molecule has 5 heteroatoms. The molecule has 0 spiro atoms. The Morgan fingerprint density at radius 2 is 1.94 bits per heavy atom. The predicted molar refractivity (Wildman–Crippen MR) is 67.5 cm³/mol. The Labute approximate surface area is 108 Å². The molecule has 18 heavy (non-hydrogen) atoms. The molecule has 1 fully saturated rings. The van der Waals surface area contributed by atoms with Crippen LogP contribution >= 0.6 is 0 Å². The molecule has 1 heterocycles. The lowest BCUT2D eigenvalue weighted by molar-refractivity contribution is 0.0502. The van der Waals surface area contributed by atoms with E-state index in [0.29, 0.717) is 18.5 Å². The van der Waals surface area contributed by atoms with Gasteiger partial charge in [-0.05, 0) is 26.7 Å². The SMILES string of the molecule is CCOC(=O)c1nnc(C)n1C1CCCCCC1. The van der Waals surface area contributed by atoms with E-state index in [1.165, 1.54) is 25.7 Å². The molecular formula is C13H21N3O2. The first-order valence-corrected chi connectivity index (χ1v) is 6.82. The van der Waals surface area contributed by atoms with Crippen molar-refractivity contribution >= 4 is 5.97 Å². The number of hydrogen-bond donors (Lipinski definition) is 0. The van der Waals surface area contributed by atoms with Gasteiger partial charge in [-0.15, -0.1) is 10.2 Å². The number of nitrogens with zero attached hydrogens (tertiary/aromatic N) is 3. The minimum Gasteiger partial charge on any atom is -0.460 e. The van der Waals surface area contributed by atoms with Gasteiger partial charge in [-0.3, -0.25) is 0 Å². The van der Waals surface area contributed by atoms with E-state index < -0.39 is 0 Å². The molecule has 0 aromatic carbocycles. The summed E-state index contributed by atoms with van der Waals surface area (Å²) in [6.07, 6.45) is 7.20. The fraction of sp³-hybridized carbons (Fsp3) is 0.769. The van der Waals surface area contributed by atoms with E-state index >= 15 is 0 Å². The highest BCUT2D eigenvalue weighted by molar-refractivity contribution is 5.85. The minimum atomic E-state index is -0.359. The topological polar surface area (TPSA) is 57.0 Å². The summed E-state index contributed by atoms with van der Waals surface area (Å²) in [5.74, 6) is 0.813. The molecule has 0 radical (unpaired) electrons. The van der Waals surface area contributed by atoms with Crippen molar-refractivity contribution in [2.24, 2.45) is 0 Å². The van der Waals surface area contributed by atoms with E-state index in [1.807, 2.05) is 11.5 Å². The first kappa shape index (κ1) is 13.1. The van der Waals surface area contributed by atoms with E-state index in [1.54, 1.807) is 6.92 Å². The Hall–Kier alpha value is -1.39. The van der Waals surface area contributed by atoms with Crippen LogP contribution in [0.3, 0.4) is 0 Å². The van der Waals surface area contributed by atoms with Crippen molar-refractivity contribution in [1.29, 1.82) is 0 Å². The number of aromatic nitrogens is 3. The van der Waals surface area contributed by atoms with Crippen LogP contribution in [-0.2, 0) is 4.74 Å². The highest BCUT2D eigenvalue weighted by atomic mass is 16.5. The lowest BCUT2D eigenvalue weighted by atomic mass is 10.1. The number of carbonyl (C=O) groups is 1. The minimum absolute atomic E-state index is 0.349. The molecule has 0 amide bonds. The van der Waals surface area contributed by atoms with Crippen LogP contribution in [-0.4, -0.2) is 27.3 Å². The van der Waals surface area contributed by atoms with Crippen LogP contribution in [0.4, 0.5) is 0 Å². The van der Waals surface area contributed by atoms with Gasteiger partial charge in [0.15, 0.2) is 0 Å². The molecule has 0 saturated heterocycles.